The number of hydrogen-bond donors (Lipinski definition) is 1. The van der Waals surface area contributed by atoms with Crippen LogP contribution in [-0.2, 0) is 20.2 Å². The zero-order valence-corrected chi connectivity index (χ0v) is 16.2. The monoisotopic (exact) mass is 370 g/mol. The Morgan fingerprint density at radius 3 is 2.56 bits per heavy atom. The number of rotatable bonds is 6. The van der Waals surface area contributed by atoms with Gasteiger partial charge in [0.15, 0.2) is 5.82 Å². The Bertz CT molecular complexity index is 737. The van der Waals surface area contributed by atoms with E-state index >= 15 is 0 Å². The minimum Gasteiger partial charge on any atom is -0.490 e. The molecular weight excluding hydrogens is 340 g/mol. The molecule has 1 aromatic carbocycles. The lowest BCUT2D eigenvalue weighted by Crippen LogP contribution is -2.34. The minimum absolute atomic E-state index is 0.0603. The number of aliphatic hydroxyl groups is 1. The number of ether oxygens (including phenoxy) is 1. The molecule has 0 amide bonds. The first-order valence-electron chi connectivity index (χ1n) is 10.2. The smallest absolute Gasteiger partial charge is 0.158 e. The molecule has 1 saturated heterocycles. The molecule has 27 heavy (non-hydrogen) atoms. The summed E-state index contributed by atoms with van der Waals surface area (Å²) in [5.74, 6) is 3.00. The Morgan fingerprint density at radius 1 is 1.07 bits per heavy atom. The highest BCUT2D eigenvalue weighted by molar-refractivity contribution is 5.27. The molecule has 0 bridgehead atoms. The minimum atomic E-state index is -0.0603. The van der Waals surface area contributed by atoms with E-state index in [0.717, 1.165) is 44.0 Å². The quantitative estimate of drug-likeness (QED) is 0.847. The van der Waals surface area contributed by atoms with E-state index in [1.54, 1.807) is 0 Å². The highest BCUT2D eigenvalue weighted by atomic mass is 16.5. The zero-order valence-electron chi connectivity index (χ0n) is 16.2. The molecule has 1 atom stereocenters. The first-order chi connectivity index (χ1) is 13.2. The second kappa shape index (κ2) is 8.40. The normalized spacial score (nSPS) is 21.6. The average molecular weight is 370 g/mol. The van der Waals surface area contributed by atoms with Crippen molar-refractivity contribution >= 4 is 0 Å². The van der Waals surface area contributed by atoms with Crippen LogP contribution in [0, 0.1) is 0 Å². The average Bonchev–Trinajstić information content (AvgIpc) is 3.33. The van der Waals surface area contributed by atoms with Gasteiger partial charge in [0.1, 0.15) is 18.2 Å². The lowest BCUT2D eigenvalue weighted by atomic mass is 9.96. The van der Waals surface area contributed by atoms with Crippen LogP contribution in [0.25, 0.3) is 0 Å². The predicted octanol–water partition coefficient (Wildman–Crippen LogP) is 3.01. The van der Waals surface area contributed by atoms with E-state index in [1.165, 1.54) is 31.2 Å². The Balaban J connectivity index is 1.35. The largest absolute Gasteiger partial charge is 0.490 e. The summed E-state index contributed by atoms with van der Waals surface area (Å²) in [6.45, 7) is 2.99. The Morgan fingerprint density at radius 2 is 1.85 bits per heavy atom. The molecule has 2 aliphatic rings. The number of piperidine rings is 1. The molecule has 1 N–H and O–H groups in total. The summed E-state index contributed by atoms with van der Waals surface area (Å²) in [5.41, 5.74) is 1.32. The van der Waals surface area contributed by atoms with Crippen molar-refractivity contribution in [1.82, 2.24) is 19.7 Å². The SMILES string of the molecule is Cn1c(CO)nnc1C1CCCN(Cc2ccc(OC3CCCC3)cc2)C1. The molecule has 1 aliphatic carbocycles. The second-order valence-corrected chi connectivity index (χ2v) is 7.93. The fraction of sp³-hybridized carbons (Fsp3) is 0.619. The standard InChI is InChI=1S/C21H30N4O2/c1-24-20(15-26)22-23-21(24)17-5-4-12-25(14-17)13-16-8-10-19(11-9-16)27-18-6-2-3-7-18/h8-11,17-18,26H,2-7,12-15H2,1H3. The number of aliphatic hydroxyl groups excluding tert-OH is 1. The van der Waals surface area contributed by atoms with Crippen molar-refractivity contribution in [2.45, 2.75) is 63.7 Å². The molecule has 1 unspecified atom stereocenters. The van der Waals surface area contributed by atoms with Gasteiger partial charge in [-0.1, -0.05) is 12.1 Å². The van der Waals surface area contributed by atoms with Crippen LogP contribution in [0.5, 0.6) is 5.75 Å². The van der Waals surface area contributed by atoms with Gasteiger partial charge in [-0.05, 0) is 62.8 Å². The third-order valence-corrected chi connectivity index (χ3v) is 5.95. The maximum absolute atomic E-state index is 9.34. The molecule has 1 aliphatic heterocycles. The van der Waals surface area contributed by atoms with E-state index in [4.69, 9.17) is 4.74 Å². The number of nitrogens with zero attached hydrogens (tertiary/aromatic N) is 4. The van der Waals surface area contributed by atoms with Crippen molar-refractivity contribution < 1.29 is 9.84 Å². The van der Waals surface area contributed by atoms with Gasteiger partial charge in [0.25, 0.3) is 0 Å². The summed E-state index contributed by atoms with van der Waals surface area (Å²) in [5, 5.41) is 17.8. The molecule has 2 fully saturated rings. The van der Waals surface area contributed by atoms with Gasteiger partial charge in [-0.15, -0.1) is 10.2 Å². The summed E-state index contributed by atoms with van der Waals surface area (Å²) in [6.07, 6.45) is 7.67. The lowest BCUT2D eigenvalue weighted by molar-refractivity contribution is 0.194. The molecule has 2 aromatic rings. The van der Waals surface area contributed by atoms with Gasteiger partial charge in [0, 0.05) is 26.1 Å². The molecule has 6 heteroatoms. The molecule has 1 saturated carbocycles. The zero-order chi connectivity index (χ0) is 18.6. The van der Waals surface area contributed by atoms with Crippen molar-refractivity contribution in [3.8, 4) is 5.75 Å². The first kappa shape index (κ1) is 18.4. The second-order valence-electron chi connectivity index (χ2n) is 7.93. The van der Waals surface area contributed by atoms with E-state index in [9.17, 15) is 5.11 Å². The molecule has 0 radical (unpaired) electrons. The molecule has 6 nitrogen and oxygen atoms in total. The summed E-state index contributed by atoms with van der Waals surface area (Å²) in [4.78, 5) is 2.49. The van der Waals surface area contributed by atoms with E-state index in [-0.39, 0.29) is 6.61 Å². The topological polar surface area (TPSA) is 63.4 Å². The summed E-state index contributed by atoms with van der Waals surface area (Å²) >= 11 is 0. The van der Waals surface area contributed by atoms with Gasteiger partial charge in [-0.3, -0.25) is 4.90 Å². The van der Waals surface area contributed by atoms with Gasteiger partial charge >= 0.3 is 0 Å². The van der Waals surface area contributed by atoms with Crippen LogP contribution in [-0.4, -0.2) is 44.0 Å². The van der Waals surface area contributed by atoms with Crippen LogP contribution < -0.4 is 4.74 Å². The number of likely N-dealkylation sites (tertiary alicyclic amines) is 1. The van der Waals surface area contributed by atoms with Crippen LogP contribution in [0.3, 0.4) is 0 Å². The van der Waals surface area contributed by atoms with Crippen LogP contribution in [0.4, 0.5) is 0 Å². The highest BCUT2D eigenvalue weighted by Gasteiger charge is 2.26. The van der Waals surface area contributed by atoms with Gasteiger partial charge in [0.05, 0.1) is 6.10 Å². The van der Waals surface area contributed by atoms with Crippen molar-refractivity contribution in [2.24, 2.45) is 7.05 Å². The predicted molar refractivity (Wildman–Crippen MR) is 104 cm³/mol. The molecule has 0 spiro atoms. The third-order valence-electron chi connectivity index (χ3n) is 5.95. The molecular formula is C21H30N4O2. The Labute approximate surface area is 161 Å². The molecule has 1 aromatic heterocycles. The van der Waals surface area contributed by atoms with E-state index in [1.807, 2.05) is 11.6 Å². The number of hydrogen-bond acceptors (Lipinski definition) is 5. The van der Waals surface area contributed by atoms with Gasteiger partial charge in [-0.25, -0.2) is 0 Å². The maximum Gasteiger partial charge on any atom is 0.158 e. The molecule has 4 rings (SSSR count). The van der Waals surface area contributed by atoms with Gasteiger partial charge in [0.2, 0.25) is 0 Å². The molecule has 2 heterocycles. The third kappa shape index (κ3) is 4.33. The fourth-order valence-electron chi connectivity index (χ4n) is 4.41. The van der Waals surface area contributed by atoms with E-state index in [0.29, 0.717) is 17.8 Å². The summed E-state index contributed by atoms with van der Waals surface area (Å²) < 4.78 is 8.02. The van der Waals surface area contributed by atoms with Gasteiger partial charge in [-0.2, -0.15) is 0 Å². The van der Waals surface area contributed by atoms with Crippen molar-refractivity contribution in [3.05, 3.63) is 41.5 Å². The van der Waals surface area contributed by atoms with Crippen molar-refractivity contribution in [1.29, 1.82) is 0 Å². The molecule has 146 valence electrons. The number of aromatic nitrogens is 3. The Kier molecular flexibility index (Phi) is 5.74. The maximum atomic E-state index is 9.34. The van der Waals surface area contributed by atoms with Crippen LogP contribution in [0.15, 0.2) is 24.3 Å². The summed E-state index contributed by atoms with van der Waals surface area (Å²) in [6, 6.07) is 8.62. The van der Waals surface area contributed by atoms with Crippen LogP contribution >= 0.6 is 0 Å². The summed E-state index contributed by atoms with van der Waals surface area (Å²) in [7, 11) is 1.95. The fourth-order valence-corrected chi connectivity index (χ4v) is 4.41. The van der Waals surface area contributed by atoms with E-state index in [2.05, 4.69) is 39.4 Å². The van der Waals surface area contributed by atoms with E-state index < -0.39 is 0 Å². The Hall–Kier alpha value is -1.92. The number of benzene rings is 1. The highest BCUT2D eigenvalue weighted by Crippen LogP contribution is 2.28. The van der Waals surface area contributed by atoms with Crippen molar-refractivity contribution in [2.75, 3.05) is 13.1 Å². The van der Waals surface area contributed by atoms with Crippen LogP contribution in [0.1, 0.15) is 61.7 Å². The lowest BCUT2D eigenvalue weighted by Gasteiger charge is -2.32. The first-order valence-corrected chi connectivity index (χ1v) is 10.2. The van der Waals surface area contributed by atoms with Gasteiger partial charge < -0.3 is 14.4 Å². The van der Waals surface area contributed by atoms with Crippen molar-refractivity contribution in [3.63, 3.8) is 0 Å². The van der Waals surface area contributed by atoms with Crippen LogP contribution in [0.2, 0.25) is 0 Å².